The predicted octanol–water partition coefficient (Wildman–Crippen LogP) is 4.91. The smallest absolute Gasteiger partial charge is 0.314 e. The molecule has 0 bridgehead atoms. The van der Waals surface area contributed by atoms with Gasteiger partial charge in [-0.15, -0.1) is 0 Å². The zero-order valence-electron chi connectivity index (χ0n) is 14.7. The predicted molar refractivity (Wildman–Crippen MR) is 94.0 cm³/mol. The highest BCUT2D eigenvalue weighted by atomic mass is 19.4. The first-order valence-corrected chi connectivity index (χ1v) is 8.49. The highest BCUT2D eigenvalue weighted by molar-refractivity contribution is 5.44. The summed E-state index contributed by atoms with van der Waals surface area (Å²) in [4.78, 5) is 9.74. The van der Waals surface area contributed by atoms with Crippen LogP contribution in [-0.4, -0.2) is 17.5 Å². The molecule has 8 heteroatoms. The molecule has 0 radical (unpaired) electrons. The van der Waals surface area contributed by atoms with E-state index in [1.165, 1.54) is 18.2 Å². The van der Waals surface area contributed by atoms with E-state index in [1.807, 2.05) is 6.92 Å². The fraction of sp³-hybridized carbons (Fsp3) is 0.368. The van der Waals surface area contributed by atoms with Gasteiger partial charge in [0, 0.05) is 12.1 Å². The maximum Gasteiger partial charge on any atom is 0.423 e. The minimum atomic E-state index is -4.76. The zero-order chi connectivity index (χ0) is 20.0. The summed E-state index contributed by atoms with van der Waals surface area (Å²) in [5, 5.41) is 14.0. The lowest BCUT2D eigenvalue weighted by Gasteiger charge is -2.14. The van der Waals surface area contributed by atoms with Crippen molar-refractivity contribution in [2.24, 2.45) is 0 Å². The number of halogens is 4. The topological polar surface area (TPSA) is 55.2 Å². The Bertz CT molecular complexity index is 776. The summed E-state index contributed by atoms with van der Waals surface area (Å²) in [6.45, 7) is 2.55. The van der Waals surface area contributed by atoms with Gasteiger partial charge in [0.15, 0.2) is 0 Å². The van der Waals surface area contributed by atoms with Gasteiger partial charge in [-0.05, 0) is 62.1 Å². The third kappa shape index (κ3) is 6.32. The lowest BCUT2D eigenvalue weighted by atomic mass is 10.0. The molecule has 0 heterocycles. The van der Waals surface area contributed by atoms with Crippen LogP contribution < -0.4 is 5.32 Å². The molecule has 0 saturated carbocycles. The average Bonchev–Trinajstić information content (AvgIpc) is 2.59. The van der Waals surface area contributed by atoms with Crippen LogP contribution in [0.3, 0.4) is 0 Å². The molecule has 0 aliphatic carbocycles. The largest absolute Gasteiger partial charge is 0.423 e. The van der Waals surface area contributed by atoms with E-state index in [-0.39, 0.29) is 11.9 Å². The Morgan fingerprint density at radius 3 is 2.33 bits per heavy atom. The van der Waals surface area contributed by atoms with Gasteiger partial charge in [-0.1, -0.05) is 18.2 Å². The van der Waals surface area contributed by atoms with Crippen molar-refractivity contribution in [1.29, 1.82) is 0 Å². The summed E-state index contributed by atoms with van der Waals surface area (Å²) >= 11 is 0. The van der Waals surface area contributed by atoms with E-state index >= 15 is 0 Å². The van der Waals surface area contributed by atoms with E-state index < -0.39 is 22.4 Å². The number of nitrogens with one attached hydrogen (secondary N) is 1. The van der Waals surface area contributed by atoms with Crippen molar-refractivity contribution in [3.63, 3.8) is 0 Å². The molecule has 1 unspecified atom stereocenters. The van der Waals surface area contributed by atoms with Gasteiger partial charge in [0.05, 0.1) is 4.92 Å². The molecule has 1 N–H and O–H groups in total. The Morgan fingerprint density at radius 2 is 1.74 bits per heavy atom. The number of hydrogen-bond acceptors (Lipinski definition) is 3. The van der Waals surface area contributed by atoms with Gasteiger partial charge in [-0.25, -0.2) is 4.39 Å². The molecule has 2 rings (SSSR count). The molecule has 2 aromatic carbocycles. The Hall–Kier alpha value is -2.48. The first kappa shape index (κ1) is 20.8. The number of nitro benzene ring substituents is 1. The number of hydrogen-bond donors (Lipinski definition) is 1. The number of nitro groups is 1. The number of alkyl halides is 3. The van der Waals surface area contributed by atoms with Gasteiger partial charge in [-0.2, -0.15) is 13.2 Å². The molecular formula is C19H20F4N2O2. The molecule has 1 atom stereocenters. The highest BCUT2D eigenvalue weighted by Crippen LogP contribution is 2.36. The van der Waals surface area contributed by atoms with Crippen LogP contribution in [0.4, 0.5) is 23.2 Å². The summed E-state index contributed by atoms with van der Waals surface area (Å²) in [5.74, 6) is -0.291. The van der Waals surface area contributed by atoms with Gasteiger partial charge >= 0.3 is 6.18 Å². The Labute approximate surface area is 154 Å². The molecule has 146 valence electrons. The van der Waals surface area contributed by atoms with Gasteiger partial charge in [-0.3, -0.25) is 10.1 Å². The third-order valence-electron chi connectivity index (χ3n) is 4.15. The van der Waals surface area contributed by atoms with Gasteiger partial charge in [0.25, 0.3) is 5.69 Å². The summed E-state index contributed by atoms with van der Waals surface area (Å²) in [7, 11) is 0. The first-order chi connectivity index (χ1) is 12.7. The molecule has 0 spiro atoms. The maximum absolute atomic E-state index is 13.0. The van der Waals surface area contributed by atoms with Crippen LogP contribution in [-0.2, 0) is 19.0 Å². The molecular weight excluding hydrogens is 364 g/mol. The van der Waals surface area contributed by atoms with Gasteiger partial charge in [0.1, 0.15) is 11.4 Å². The van der Waals surface area contributed by atoms with E-state index in [9.17, 15) is 27.7 Å². The van der Waals surface area contributed by atoms with E-state index in [0.717, 1.165) is 17.7 Å². The second-order valence-corrected chi connectivity index (χ2v) is 6.40. The number of benzene rings is 2. The Kier molecular flexibility index (Phi) is 6.90. The van der Waals surface area contributed by atoms with E-state index in [1.54, 1.807) is 12.1 Å². The van der Waals surface area contributed by atoms with Crippen molar-refractivity contribution in [3.05, 3.63) is 75.1 Å². The minimum Gasteiger partial charge on any atom is -0.314 e. The SMILES string of the molecule is CC(Cc1ccc(F)cc1)NCCCc1ccc([N+](=O)[O-])c(C(F)(F)F)c1. The quantitative estimate of drug-likeness (QED) is 0.305. The molecule has 0 saturated heterocycles. The van der Waals surface area contributed by atoms with Crippen molar-refractivity contribution in [3.8, 4) is 0 Å². The highest BCUT2D eigenvalue weighted by Gasteiger charge is 2.38. The van der Waals surface area contributed by atoms with Crippen LogP contribution in [0.1, 0.15) is 30.0 Å². The van der Waals surface area contributed by atoms with Crippen molar-refractivity contribution in [1.82, 2.24) is 5.32 Å². The summed E-state index contributed by atoms with van der Waals surface area (Å²) in [5.41, 5.74) is -0.762. The van der Waals surface area contributed by atoms with Crippen LogP contribution in [0, 0.1) is 15.9 Å². The van der Waals surface area contributed by atoms with Crippen LogP contribution in [0.2, 0.25) is 0 Å². The van der Waals surface area contributed by atoms with Crippen LogP contribution in [0.5, 0.6) is 0 Å². The van der Waals surface area contributed by atoms with Gasteiger partial charge < -0.3 is 5.32 Å². The standard InChI is InChI=1S/C19H20F4N2O2/c1-13(11-15-4-7-16(20)8-5-15)24-10-2-3-14-6-9-18(25(26)27)17(12-14)19(21,22)23/h4-9,12-13,24H,2-3,10-11H2,1H3. The molecule has 0 aromatic heterocycles. The van der Waals surface area contributed by atoms with Crippen molar-refractivity contribution >= 4 is 5.69 Å². The lowest BCUT2D eigenvalue weighted by Crippen LogP contribution is -2.29. The Morgan fingerprint density at radius 1 is 1.11 bits per heavy atom. The molecule has 0 amide bonds. The van der Waals surface area contributed by atoms with Crippen molar-refractivity contribution < 1.29 is 22.5 Å². The number of rotatable bonds is 8. The van der Waals surface area contributed by atoms with E-state index in [4.69, 9.17) is 0 Å². The monoisotopic (exact) mass is 384 g/mol. The lowest BCUT2D eigenvalue weighted by molar-refractivity contribution is -0.388. The number of aryl methyl sites for hydroxylation is 1. The van der Waals surface area contributed by atoms with E-state index in [2.05, 4.69) is 5.32 Å². The molecule has 4 nitrogen and oxygen atoms in total. The normalized spacial score (nSPS) is 12.8. The molecule has 27 heavy (non-hydrogen) atoms. The first-order valence-electron chi connectivity index (χ1n) is 8.49. The second kappa shape index (κ2) is 8.94. The van der Waals surface area contributed by atoms with Crippen molar-refractivity contribution in [2.45, 2.75) is 38.4 Å². The number of nitrogens with zero attached hydrogens (tertiary/aromatic N) is 1. The van der Waals surface area contributed by atoms with Crippen LogP contribution >= 0.6 is 0 Å². The fourth-order valence-electron chi connectivity index (χ4n) is 2.81. The molecule has 0 aliphatic rings. The minimum absolute atomic E-state index is 0.123. The molecule has 0 aliphatic heterocycles. The Balaban J connectivity index is 1.86. The van der Waals surface area contributed by atoms with Crippen LogP contribution in [0.15, 0.2) is 42.5 Å². The maximum atomic E-state index is 13.0. The summed E-state index contributed by atoms with van der Waals surface area (Å²) < 4.78 is 51.8. The van der Waals surface area contributed by atoms with E-state index in [0.29, 0.717) is 31.4 Å². The van der Waals surface area contributed by atoms with Crippen LogP contribution in [0.25, 0.3) is 0 Å². The van der Waals surface area contributed by atoms with Crippen molar-refractivity contribution in [2.75, 3.05) is 6.54 Å². The average molecular weight is 384 g/mol. The fourth-order valence-corrected chi connectivity index (χ4v) is 2.81. The van der Waals surface area contributed by atoms with Gasteiger partial charge in [0.2, 0.25) is 0 Å². The molecule has 0 fully saturated rings. The zero-order valence-corrected chi connectivity index (χ0v) is 14.7. The summed E-state index contributed by atoms with van der Waals surface area (Å²) in [6.07, 6.45) is -3.10. The second-order valence-electron chi connectivity index (χ2n) is 6.40. The summed E-state index contributed by atoms with van der Waals surface area (Å²) in [6, 6.07) is 9.45. The molecule has 2 aromatic rings. The third-order valence-corrected chi connectivity index (χ3v) is 4.15.